The third-order valence-electron chi connectivity index (χ3n) is 2.21. The van der Waals surface area contributed by atoms with Crippen molar-refractivity contribution in [2.75, 3.05) is 6.54 Å². The minimum atomic E-state index is 0.135. The van der Waals surface area contributed by atoms with E-state index in [9.17, 15) is 0 Å². The van der Waals surface area contributed by atoms with Crippen LogP contribution in [0.25, 0.3) is 0 Å². The lowest BCUT2D eigenvalue weighted by Crippen LogP contribution is -2.32. The first kappa shape index (κ1) is 12.4. The molecule has 0 heterocycles. The van der Waals surface area contributed by atoms with Gasteiger partial charge in [-0.3, -0.25) is 0 Å². The van der Waals surface area contributed by atoms with Crippen LogP contribution in [0.1, 0.15) is 46.5 Å². The molecule has 0 amide bonds. The molecular weight excluding hydrogens is 160 g/mol. The molecule has 0 aliphatic heterocycles. The van der Waals surface area contributed by atoms with E-state index in [1.165, 1.54) is 25.7 Å². The molecule has 0 spiro atoms. The van der Waals surface area contributed by atoms with Crippen LogP contribution in [0.4, 0.5) is 0 Å². The lowest BCUT2D eigenvalue weighted by Gasteiger charge is -2.17. The maximum Gasteiger partial charge on any atom is 0.0666 e. The number of nitrogens with one attached hydrogen (secondary N) is 1. The van der Waals surface area contributed by atoms with E-state index in [2.05, 4.69) is 25.2 Å². The van der Waals surface area contributed by atoms with E-state index < -0.39 is 0 Å². The fourth-order valence-electron chi connectivity index (χ4n) is 1.43. The molecule has 0 aromatic carbocycles. The van der Waals surface area contributed by atoms with E-state index in [1.54, 1.807) is 0 Å². The molecule has 0 bridgehead atoms. The predicted molar refractivity (Wildman–Crippen MR) is 56.4 cm³/mol. The standard InChI is InChI=1S/C11H22N2/c1-4-6-11(7-5-2)13-9-10(3)8-12/h10-11,13H,4-7,9H2,1-3H3. The molecule has 76 valence electrons. The fraction of sp³-hybridized carbons (Fsp3) is 0.909. The molecule has 13 heavy (non-hydrogen) atoms. The average molecular weight is 182 g/mol. The highest BCUT2D eigenvalue weighted by molar-refractivity contribution is 4.81. The highest BCUT2D eigenvalue weighted by atomic mass is 14.9. The molecule has 1 N–H and O–H groups in total. The summed E-state index contributed by atoms with van der Waals surface area (Å²) in [4.78, 5) is 0. The molecule has 0 saturated carbocycles. The van der Waals surface area contributed by atoms with Crippen LogP contribution >= 0.6 is 0 Å². The molecule has 0 fully saturated rings. The Balaban J connectivity index is 3.62. The van der Waals surface area contributed by atoms with Crippen LogP contribution in [0.5, 0.6) is 0 Å². The van der Waals surface area contributed by atoms with E-state index in [0.29, 0.717) is 6.04 Å². The minimum Gasteiger partial charge on any atom is -0.313 e. The Labute approximate surface area is 82.3 Å². The van der Waals surface area contributed by atoms with Crippen LogP contribution in [0.15, 0.2) is 0 Å². The van der Waals surface area contributed by atoms with Crippen LogP contribution in [0.2, 0.25) is 0 Å². The van der Waals surface area contributed by atoms with Crippen LogP contribution < -0.4 is 5.32 Å². The highest BCUT2D eigenvalue weighted by Gasteiger charge is 2.07. The van der Waals surface area contributed by atoms with Gasteiger partial charge in [0.25, 0.3) is 0 Å². The Morgan fingerprint density at radius 1 is 1.23 bits per heavy atom. The van der Waals surface area contributed by atoms with Crippen LogP contribution in [0.3, 0.4) is 0 Å². The Kier molecular flexibility index (Phi) is 7.73. The second-order valence-electron chi connectivity index (χ2n) is 3.71. The number of hydrogen-bond acceptors (Lipinski definition) is 2. The molecule has 0 saturated heterocycles. The minimum absolute atomic E-state index is 0.135. The van der Waals surface area contributed by atoms with Gasteiger partial charge in [0.1, 0.15) is 0 Å². The maximum absolute atomic E-state index is 8.62. The average Bonchev–Trinajstić information content (AvgIpc) is 2.14. The van der Waals surface area contributed by atoms with Crippen molar-refractivity contribution < 1.29 is 0 Å². The number of hydrogen-bond donors (Lipinski definition) is 1. The molecule has 1 unspecified atom stereocenters. The Hall–Kier alpha value is -0.550. The molecule has 2 heteroatoms. The first-order chi connectivity index (χ1) is 6.24. The van der Waals surface area contributed by atoms with Gasteiger partial charge >= 0.3 is 0 Å². The van der Waals surface area contributed by atoms with Gasteiger partial charge in [-0.15, -0.1) is 0 Å². The van der Waals surface area contributed by atoms with E-state index in [0.717, 1.165) is 6.54 Å². The molecule has 0 radical (unpaired) electrons. The molecule has 0 aromatic rings. The summed E-state index contributed by atoms with van der Waals surface area (Å²) in [5, 5.41) is 12.1. The van der Waals surface area contributed by atoms with Crippen LogP contribution in [-0.2, 0) is 0 Å². The predicted octanol–water partition coefficient (Wildman–Crippen LogP) is 2.70. The first-order valence-corrected chi connectivity index (χ1v) is 5.37. The molecule has 0 aliphatic carbocycles. The summed E-state index contributed by atoms with van der Waals surface area (Å²) in [6.07, 6.45) is 4.90. The van der Waals surface area contributed by atoms with Crippen LogP contribution in [0, 0.1) is 17.2 Å². The van der Waals surface area contributed by atoms with Crippen molar-refractivity contribution in [2.45, 2.75) is 52.5 Å². The molecule has 1 atom stereocenters. The number of rotatable bonds is 7. The van der Waals surface area contributed by atoms with Crippen molar-refractivity contribution in [1.29, 1.82) is 5.26 Å². The van der Waals surface area contributed by atoms with Crippen molar-refractivity contribution >= 4 is 0 Å². The second kappa shape index (κ2) is 8.07. The lowest BCUT2D eigenvalue weighted by molar-refractivity contribution is 0.427. The molecule has 0 aliphatic rings. The van der Waals surface area contributed by atoms with Gasteiger partial charge in [0.05, 0.1) is 12.0 Å². The van der Waals surface area contributed by atoms with Gasteiger partial charge in [0.2, 0.25) is 0 Å². The highest BCUT2D eigenvalue weighted by Crippen LogP contribution is 2.04. The summed E-state index contributed by atoms with van der Waals surface area (Å²) in [5.74, 6) is 0.135. The summed E-state index contributed by atoms with van der Waals surface area (Å²) in [7, 11) is 0. The van der Waals surface area contributed by atoms with Crippen molar-refractivity contribution in [3.8, 4) is 6.07 Å². The van der Waals surface area contributed by atoms with E-state index in [-0.39, 0.29) is 5.92 Å². The molecule has 0 aromatic heterocycles. The van der Waals surface area contributed by atoms with Crippen molar-refractivity contribution in [2.24, 2.45) is 5.92 Å². The van der Waals surface area contributed by atoms with E-state index in [4.69, 9.17) is 5.26 Å². The normalized spacial score (nSPS) is 12.8. The van der Waals surface area contributed by atoms with Crippen molar-refractivity contribution in [1.82, 2.24) is 5.32 Å². The SMILES string of the molecule is CCCC(CCC)NCC(C)C#N. The number of nitrogens with zero attached hydrogens (tertiary/aromatic N) is 1. The van der Waals surface area contributed by atoms with Gasteiger partial charge in [-0.05, 0) is 19.8 Å². The summed E-state index contributed by atoms with van der Waals surface area (Å²) in [6, 6.07) is 2.86. The van der Waals surface area contributed by atoms with Gasteiger partial charge in [0.15, 0.2) is 0 Å². The van der Waals surface area contributed by atoms with Gasteiger partial charge in [-0.25, -0.2) is 0 Å². The largest absolute Gasteiger partial charge is 0.313 e. The van der Waals surface area contributed by atoms with Gasteiger partial charge in [0, 0.05) is 12.6 Å². The van der Waals surface area contributed by atoms with Crippen LogP contribution in [-0.4, -0.2) is 12.6 Å². The lowest BCUT2D eigenvalue weighted by atomic mass is 10.1. The monoisotopic (exact) mass is 182 g/mol. The zero-order valence-electron chi connectivity index (χ0n) is 9.14. The zero-order chi connectivity index (χ0) is 10.1. The first-order valence-electron chi connectivity index (χ1n) is 5.37. The Morgan fingerprint density at radius 3 is 2.15 bits per heavy atom. The number of nitriles is 1. The molecular formula is C11H22N2. The van der Waals surface area contributed by atoms with E-state index in [1.807, 2.05) is 6.92 Å². The van der Waals surface area contributed by atoms with Gasteiger partial charge in [-0.1, -0.05) is 26.7 Å². The summed E-state index contributed by atoms with van der Waals surface area (Å²) in [6.45, 7) is 7.21. The second-order valence-corrected chi connectivity index (χ2v) is 3.71. The zero-order valence-corrected chi connectivity index (χ0v) is 9.14. The third kappa shape index (κ3) is 6.60. The van der Waals surface area contributed by atoms with E-state index >= 15 is 0 Å². The topological polar surface area (TPSA) is 35.8 Å². The quantitative estimate of drug-likeness (QED) is 0.657. The van der Waals surface area contributed by atoms with Gasteiger partial charge in [-0.2, -0.15) is 5.26 Å². The Bertz CT molecular complexity index is 143. The van der Waals surface area contributed by atoms with Crippen molar-refractivity contribution in [3.63, 3.8) is 0 Å². The molecule has 2 nitrogen and oxygen atoms in total. The molecule has 0 rings (SSSR count). The smallest absolute Gasteiger partial charge is 0.0666 e. The summed E-state index contributed by atoms with van der Waals surface area (Å²) >= 11 is 0. The summed E-state index contributed by atoms with van der Waals surface area (Å²) in [5.41, 5.74) is 0. The third-order valence-corrected chi connectivity index (χ3v) is 2.21. The van der Waals surface area contributed by atoms with Crippen molar-refractivity contribution in [3.05, 3.63) is 0 Å². The van der Waals surface area contributed by atoms with Gasteiger partial charge < -0.3 is 5.32 Å². The fourth-order valence-corrected chi connectivity index (χ4v) is 1.43. The maximum atomic E-state index is 8.62. The summed E-state index contributed by atoms with van der Waals surface area (Å²) < 4.78 is 0. The Morgan fingerprint density at radius 2 is 1.77 bits per heavy atom.